The molecule has 0 saturated carbocycles. The second-order valence-corrected chi connectivity index (χ2v) is 8.20. The largest absolute Gasteiger partial charge is 0.507 e. The Morgan fingerprint density at radius 1 is 0.912 bits per heavy atom. The molecule has 1 aliphatic heterocycles. The van der Waals surface area contributed by atoms with Crippen LogP contribution in [0.4, 0.5) is 5.69 Å². The van der Waals surface area contributed by atoms with E-state index in [1.54, 1.807) is 60.7 Å². The molecule has 174 valence electrons. The number of anilines is 1. The molecule has 0 spiro atoms. The van der Waals surface area contributed by atoms with Gasteiger partial charge in [-0.3, -0.25) is 14.5 Å². The van der Waals surface area contributed by atoms with Crippen molar-refractivity contribution in [1.29, 1.82) is 0 Å². The van der Waals surface area contributed by atoms with Crippen molar-refractivity contribution in [2.24, 2.45) is 0 Å². The third kappa shape index (κ3) is 4.53. The summed E-state index contributed by atoms with van der Waals surface area (Å²) in [6.07, 6.45) is 0.0124. The minimum atomic E-state index is -0.800. The van der Waals surface area contributed by atoms with Gasteiger partial charge in [0.05, 0.1) is 24.3 Å². The van der Waals surface area contributed by atoms with Gasteiger partial charge in [0.1, 0.15) is 17.3 Å². The number of nitrogens with zero attached hydrogens (tertiary/aromatic N) is 1. The molecule has 1 unspecified atom stereocenters. The van der Waals surface area contributed by atoms with Gasteiger partial charge < -0.3 is 14.6 Å². The Hall–Kier alpha value is -4.06. The maximum atomic E-state index is 13.2. The van der Waals surface area contributed by atoms with Crippen molar-refractivity contribution in [3.63, 3.8) is 0 Å². The van der Waals surface area contributed by atoms with Crippen molar-refractivity contribution in [1.82, 2.24) is 0 Å². The Morgan fingerprint density at radius 2 is 1.53 bits per heavy atom. The molecule has 0 radical (unpaired) electrons. The van der Waals surface area contributed by atoms with Crippen LogP contribution in [0.2, 0.25) is 0 Å². The molecule has 1 aliphatic rings. The van der Waals surface area contributed by atoms with Crippen molar-refractivity contribution in [2.45, 2.75) is 32.9 Å². The predicted octanol–water partition coefficient (Wildman–Crippen LogP) is 5.50. The van der Waals surface area contributed by atoms with E-state index < -0.39 is 17.7 Å². The highest BCUT2D eigenvalue weighted by Gasteiger charge is 2.47. The lowest BCUT2D eigenvalue weighted by Crippen LogP contribution is -2.29. The van der Waals surface area contributed by atoms with E-state index in [9.17, 15) is 14.7 Å². The third-order valence-corrected chi connectivity index (χ3v) is 5.49. The van der Waals surface area contributed by atoms with E-state index in [0.717, 1.165) is 0 Å². The van der Waals surface area contributed by atoms with E-state index in [2.05, 4.69) is 0 Å². The fraction of sp³-hybridized carbons (Fsp3) is 0.214. The Kier molecular flexibility index (Phi) is 6.68. The number of ether oxygens (including phenoxy) is 2. The summed E-state index contributed by atoms with van der Waals surface area (Å²) in [7, 11) is 0. The van der Waals surface area contributed by atoms with Crippen molar-refractivity contribution >= 4 is 23.1 Å². The van der Waals surface area contributed by atoms with Crippen LogP contribution in [0.15, 0.2) is 84.4 Å². The van der Waals surface area contributed by atoms with Gasteiger partial charge in [-0.25, -0.2) is 0 Å². The van der Waals surface area contributed by atoms with Crippen LogP contribution < -0.4 is 14.4 Å². The second-order valence-electron chi connectivity index (χ2n) is 8.20. The zero-order chi connectivity index (χ0) is 24.2. The maximum Gasteiger partial charge on any atom is 0.300 e. The van der Waals surface area contributed by atoms with Gasteiger partial charge in [-0.05, 0) is 62.7 Å². The van der Waals surface area contributed by atoms with E-state index in [-0.39, 0.29) is 17.4 Å². The number of rotatable bonds is 7. The van der Waals surface area contributed by atoms with E-state index >= 15 is 0 Å². The zero-order valence-corrected chi connectivity index (χ0v) is 19.4. The van der Waals surface area contributed by atoms with E-state index in [1.807, 2.05) is 39.0 Å². The van der Waals surface area contributed by atoms with Crippen LogP contribution in [0.3, 0.4) is 0 Å². The van der Waals surface area contributed by atoms with Gasteiger partial charge in [0.25, 0.3) is 11.7 Å². The average molecular weight is 458 g/mol. The number of hydrogen-bond donors (Lipinski definition) is 1. The monoisotopic (exact) mass is 457 g/mol. The van der Waals surface area contributed by atoms with Gasteiger partial charge in [-0.15, -0.1) is 0 Å². The molecular formula is C28H27NO5. The Balaban J connectivity index is 1.84. The summed E-state index contributed by atoms with van der Waals surface area (Å²) in [5.74, 6) is -0.296. The summed E-state index contributed by atoms with van der Waals surface area (Å²) in [4.78, 5) is 27.9. The number of aliphatic hydroxyl groups excluding tert-OH is 1. The molecular weight excluding hydrogens is 430 g/mol. The van der Waals surface area contributed by atoms with Gasteiger partial charge in [-0.1, -0.05) is 42.5 Å². The first-order valence-electron chi connectivity index (χ1n) is 11.3. The highest BCUT2D eigenvalue weighted by molar-refractivity contribution is 6.51. The number of amides is 1. The molecule has 1 atom stereocenters. The standard InChI is InChI=1S/C28H27NO5/c1-4-33-22-16-12-21(13-17-22)29-25(19-10-14-23(15-11-19)34-18(2)3)24(27(31)28(29)32)26(30)20-8-6-5-7-9-20/h5-18,25,30H,4H2,1-3H3/b26-24+. The lowest BCUT2D eigenvalue weighted by atomic mass is 9.95. The summed E-state index contributed by atoms with van der Waals surface area (Å²) < 4.78 is 11.3. The summed E-state index contributed by atoms with van der Waals surface area (Å²) >= 11 is 0. The number of Topliss-reactive ketones (excluding diaryl/α,β-unsaturated/α-hetero) is 1. The van der Waals surface area contributed by atoms with Gasteiger partial charge in [0, 0.05) is 11.3 Å². The lowest BCUT2D eigenvalue weighted by molar-refractivity contribution is -0.132. The fourth-order valence-electron chi connectivity index (χ4n) is 4.04. The normalized spacial score (nSPS) is 17.3. The second kappa shape index (κ2) is 9.83. The molecule has 1 fully saturated rings. The van der Waals surface area contributed by atoms with Crippen molar-refractivity contribution < 1.29 is 24.2 Å². The molecule has 1 heterocycles. The Bertz CT molecular complexity index is 1200. The first-order chi connectivity index (χ1) is 16.4. The summed E-state index contributed by atoms with van der Waals surface area (Å²) in [6.45, 7) is 6.29. The molecule has 0 aliphatic carbocycles. The number of carbonyl (C=O) groups excluding carboxylic acids is 2. The summed E-state index contributed by atoms with van der Waals surface area (Å²) in [6, 6.07) is 22.2. The predicted molar refractivity (Wildman–Crippen MR) is 131 cm³/mol. The van der Waals surface area contributed by atoms with Crippen LogP contribution in [0.1, 0.15) is 37.9 Å². The van der Waals surface area contributed by atoms with Gasteiger partial charge in [-0.2, -0.15) is 0 Å². The van der Waals surface area contributed by atoms with Gasteiger partial charge >= 0.3 is 0 Å². The zero-order valence-electron chi connectivity index (χ0n) is 19.4. The molecule has 3 aromatic rings. The minimum Gasteiger partial charge on any atom is -0.507 e. The highest BCUT2D eigenvalue weighted by Crippen LogP contribution is 2.42. The van der Waals surface area contributed by atoms with E-state index in [4.69, 9.17) is 9.47 Å². The van der Waals surface area contributed by atoms with Crippen molar-refractivity contribution in [2.75, 3.05) is 11.5 Å². The summed E-state index contributed by atoms with van der Waals surface area (Å²) in [5, 5.41) is 11.1. The van der Waals surface area contributed by atoms with Crippen LogP contribution in [-0.2, 0) is 9.59 Å². The Morgan fingerprint density at radius 3 is 2.12 bits per heavy atom. The van der Waals surface area contributed by atoms with E-state index in [0.29, 0.717) is 34.9 Å². The number of carbonyl (C=O) groups is 2. The summed E-state index contributed by atoms with van der Waals surface area (Å²) in [5.41, 5.74) is 1.73. The number of benzene rings is 3. The molecule has 6 heteroatoms. The maximum absolute atomic E-state index is 13.2. The van der Waals surface area contributed by atoms with Crippen LogP contribution >= 0.6 is 0 Å². The molecule has 0 bridgehead atoms. The minimum absolute atomic E-state index is 0.0124. The molecule has 1 amide bonds. The van der Waals surface area contributed by atoms with Crippen LogP contribution in [0, 0.1) is 0 Å². The molecule has 6 nitrogen and oxygen atoms in total. The molecule has 3 aromatic carbocycles. The molecule has 34 heavy (non-hydrogen) atoms. The SMILES string of the molecule is CCOc1ccc(N2C(=O)C(=O)/C(=C(/O)c3ccccc3)C2c2ccc(OC(C)C)cc2)cc1. The molecule has 0 aromatic heterocycles. The quantitative estimate of drug-likeness (QED) is 0.288. The van der Waals surface area contributed by atoms with Crippen LogP contribution in [0.25, 0.3) is 5.76 Å². The van der Waals surface area contributed by atoms with E-state index in [1.165, 1.54) is 4.90 Å². The van der Waals surface area contributed by atoms with Gasteiger partial charge in [0.15, 0.2) is 0 Å². The topological polar surface area (TPSA) is 76.1 Å². The van der Waals surface area contributed by atoms with Crippen LogP contribution in [-0.4, -0.2) is 29.5 Å². The first kappa shape index (κ1) is 23.1. The van der Waals surface area contributed by atoms with Gasteiger partial charge in [0.2, 0.25) is 0 Å². The number of aliphatic hydroxyl groups is 1. The fourth-order valence-corrected chi connectivity index (χ4v) is 4.04. The van der Waals surface area contributed by atoms with Crippen molar-refractivity contribution in [3.8, 4) is 11.5 Å². The van der Waals surface area contributed by atoms with Crippen LogP contribution in [0.5, 0.6) is 11.5 Å². The van der Waals surface area contributed by atoms with Crippen molar-refractivity contribution in [3.05, 3.63) is 95.6 Å². The molecule has 4 rings (SSSR count). The lowest BCUT2D eigenvalue weighted by Gasteiger charge is -2.26. The average Bonchev–Trinajstić information content (AvgIpc) is 3.10. The Labute approximate surface area is 199 Å². The smallest absolute Gasteiger partial charge is 0.300 e. The third-order valence-electron chi connectivity index (χ3n) is 5.49. The molecule has 1 N–H and O–H groups in total. The number of hydrogen-bond acceptors (Lipinski definition) is 5. The highest BCUT2D eigenvalue weighted by atomic mass is 16.5. The first-order valence-corrected chi connectivity index (χ1v) is 11.3. The molecule has 1 saturated heterocycles. The number of ketones is 1.